The molecule has 10 heteroatoms. The molecule has 1 amide bonds. The normalized spacial score (nSPS) is 11.0. The van der Waals surface area contributed by atoms with E-state index in [9.17, 15) is 9.18 Å². The minimum Gasteiger partial charge on any atom is -0.345 e. The predicted molar refractivity (Wildman–Crippen MR) is 102 cm³/mol. The maximum atomic E-state index is 13.0. The van der Waals surface area contributed by atoms with Crippen molar-refractivity contribution in [2.75, 3.05) is 0 Å². The van der Waals surface area contributed by atoms with Gasteiger partial charge in [0.25, 0.3) is 5.91 Å². The fourth-order valence-electron chi connectivity index (χ4n) is 2.74. The first-order valence-corrected chi connectivity index (χ1v) is 9.09. The van der Waals surface area contributed by atoms with Crippen LogP contribution < -0.4 is 5.32 Å². The number of amides is 1. The molecule has 0 aliphatic rings. The quantitative estimate of drug-likeness (QED) is 0.613. The van der Waals surface area contributed by atoms with E-state index in [0.717, 1.165) is 5.56 Å². The van der Waals surface area contributed by atoms with Gasteiger partial charge in [-0.2, -0.15) is 10.2 Å². The van der Waals surface area contributed by atoms with Gasteiger partial charge in [0.1, 0.15) is 11.0 Å². The van der Waals surface area contributed by atoms with E-state index in [1.165, 1.54) is 16.8 Å². The Morgan fingerprint density at radius 2 is 2.07 bits per heavy atom. The van der Waals surface area contributed by atoms with Crippen molar-refractivity contribution in [2.24, 2.45) is 0 Å². The molecular weight excluding hydrogens is 391 g/mol. The van der Waals surface area contributed by atoms with Crippen LogP contribution in [0, 0.1) is 17.5 Å². The molecule has 0 saturated carbocycles. The van der Waals surface area contributed by atoms with E-state index < -0.39 is 0 Å². The van der Waals surface area contributed by atoms with Gasteiger partial charge in [0.2, 0.25) is 0 Å². The van der Waals surface area contributed by atoms with E-state index in [1.54, 1.807) is 23.6 Å². The first-order chi connectivity index (χ1) is 12.9. The van der Waals surface area contributed by atoms with E-state index in [2.05, 4.69) is 20.6 Å². The molecule has 0 fully saturated rings. The Hall–Kier alpha value is -2.52. The van der Waals surface area contributed by atoms with E-state index in [4.69, 9.17) is 23.8 Å². The molecule has 0 bridgehead atoms. The zero-order chi connectivity index (χ0) is 19.6. The minimum absolute atomic E-state index is 0.207. The van der Waals surface area contributed by atoms with Gasteiger partial charge in [-0.1, -0.05) is 23.7 Å². The van der Waals surface area contributed by atoms with Crippen LogP contribution in [0.2, 0.25) is 5.15 Å². The number of carbonyl (C=O) groups is 1. The lowest BCUT2D eigenvalue weighted by molar-refractivity contribution is 0.0949. The van der Waals surface area contributed by atoms with Crippen molar-refractivity contribution in [3.05, 3.63) is 62.7 Å². The van der Waals surface area contributed by atoms with E-state index in [0.29, 0.717) is 34.9 Å². The summed E-state index contributed by atoms with van der Waals surface area (Å²) < 4.78 is 16.9. The summed E-state index contributed by atoms with van der Waals surface area (Å²) >= 11 is 11.5. The van der Waals surface area contributed by atoms with Crippen LogP contribution in [0.5, 0.6) is 0 Å². The van der Waals surface area contributed by atoms with Gasteiger partial charge >= 0.3 is 0 Å². The summed E-state index contributed by atoms with van der Waals surface area (Å²) in [5, 5.41) is 14.2. The van der Waals surface area contributed by atoms with Gasteiger partial charge in [0, 0.05) is 6.54 Å². The summed E-state index contributed by atoms with van der Waals surface area (Å²) in [4.78, 5) is 12.6. The minimum atomic E-state index is -0.348. The van der Waals surface area contributed by atoms with Gasteiger partial charge in [-0.05, 0) is 43.8 Å². The lowest BCUT2D eigenvalue weighted by Gasteiger charge is -2.07. The molecule has 3 aromatic rings. The second-order valence-corrected chi connectivity index (χ2v) is 6.65. The van der Waals surface area contributed by atoms with Crippen molar-refractivity contribution in [1.29, 1.82) is 0 Å². The first-order valence-electron chi connectivity index (χ1n) is 8.30. The van der Waals surface area contributed by atoms with E-state index in [1.807, 2.05) is 6.92 Å². The zero-order valence-electron chi connectivity index (χ0n) is 14.8. The van der Waals surface area contributed by atoms with Crippen LogP contribution in [-0.2, 0) is 19.6 Å². The Kier molecular flexibility index (Phi) is 5.71. The third kappa shape index (κ3) is 4.09. The lowest BCUT2D eigenvalue weighted by atomic mass is 10.2. The number of H-pyrrole nitrogens is 1. The number of hydrogen-bond acceptors (Lipinski definition) is 4. The van der Waals surface area contributed by atoms with Crippen LogP contribution in [0.25, 0.3) is 0 Å². The Balaban J connectivity index is 1.76. The topological polar surface area (TPSA) is 80.5 Å². The number of benzene rings is 1. The Morgan fingerprint density at radius 1 is 1.37 bits per heavy atom. The van der Waals surface area contributed by atoms with Crippen LogP contribution in [0.1, 0.15) is 34.4 Å². The average Bonchev–Trinajstić information content (AvgIpc) is 3.13. The molecule has 0 aliphatic carbocycles. The molecule has 3 rings (SSSR count). The summed E-state index contributed by atoms with van der Waals surface area (Å²) in [6.07, 6.45) is 0. The molecule has 1 aromatic carbocycles. The molecule has 0 spiro atoms. The average molecular weight is 409 g/mol. The molecular formula is C17H18ClFN6OS. The van der Waals surface area contributed by atoms with Crippen molar-refractivity contribution in [3.63, 3.8) is 0 Å². The van der Waals surface area contributed by atoms with Gasteiger partial charge in [0.05, 0.1) is 24.3 Å². The zero-order valence-corrected chi connectivity index (χ0v) is 16.4. The van der Waals surface area contributed by atoms with Crippen molar-refractivity contribution in [1.82, 2.24) is 29.9 Å². The second-order valence-electron chi connectivity index (χ2n) is 5.91. The smallest absolute Gasteiger partial charge is 0.256 e. The summed E-state index contributed by atoms with van der Waals surface area (Å²) in [5.74, 6) is -0.0331. The number of hydrogen-bond donors (Lipinski definition) is 2. The molecule has 142 valence electrons. The molecule has 27 heavy (non-hydrogen) atoms. The van der Waals surface area contributed by atoms with Crippen LogP contribution in [0.4, 0.5) is 4.39 Å². The summed E-state index contributed by atoms with van der Waals surface area (Å²) in [6, 6.07) is 6.03. The number of aromatic nitrogens is 5. The number of halogens is 2. The molecule has 0 aliphatic heterocycles. The first kappa shape index (κ1) is 19.2. The second kappa shape index (κ2) is 8.01. The molecule has 0 atom stereocenters. The Morgan fingerprint density at radius 3 is 2.74 bits per heavy atom. The van der Waals surface area contributed by atoms with Crippen molar-refractivity contribution < 1.29 is 9.18 Å². The predicted octanol–water partition coefficient (Wildman–Crippen LogP) is 3.24. The molecule has 2 heterocycles. The number of aryl methyl sites for hydroxylation is 1. The molecule has 0 saturated heterocycles. The maximum absolute atomic E-state index is 13.0. The highest BCUT2D eigenvalue weighted by Gasteiger charge is 2.21. The number of rotatable bonds is 6. The van der Waals surface area contributed by atoms with Crippen molar-refractivity contribution >= 4 is 29.7 Å². The highest BCUT2D eigenvalue weighted by molar-refractivity contribution is 7.71. The number of aromatic amines is 1. The molecule has 0 radical (unpaired) electrons. The molecule has 7 nitrogen and oxygen atoms in total. The van der Waals surface area contributed by atoms with Crippen LogP contribution in [-0.4, -0.2) is 30.5 Å². The highest BCUT2D eigenvalue weighted by Crippen LogP contribution is 2.21. The van der Waals surface area contributed by atoms with Crippen LogP contribution in [0.3, 0.4) is 0 Å². The number of nitrogens with one attached hydrogen (secondary N) is 2. The molecule has 0 unspecified atom stereocenters. The number of carbonyl (C=O) groups excluding carboxylic acids is 1. The SMILES string of the molecule is CCn1c(CNC(=O)c2c(C)nn(Cc3ccc(F)cc3)c2Cl)n[nH]c1=S. The van der Waals surface area contributed by atoms with Crippen molar-refractivity contribution in [3.8, 4) is 0 Å². The summed E-state index contributed by atoms with van der Waals surface area (Å²) in [7, 11) is 0. The van der Waals surface area contributed by atoms with Gasteiger partial charge < -0.3 is 9.88 Å². The maximum Gasteiger partial charge on any atom is 0.256 e. The van der Waals surface area contributed by atoms with Gasteiger partial charge in [-0.25, -0.2) is 9.07 Å². The van der Waals surface area contributed by atoms with E-state index >= 15 is 0 Å². The van der Waals surface area contributed by atoms with Gasteiger partial charge in [0.15, 0.2) is 10.6 Å². The number of nitrogens with zero attached hydrogens (tertiary/aromatic N) is 4. The highest BCUT2D eigenvalue weighted by atomic mass is 35.5. The van der Waals surface area contributed by atoms with E-state index in [-0.39, 0.29) is 23.4 Å². The summed E-state index contributed by atoms with van der Waals surface area (Å²) in [5.41, 5.74) is 1.64. The summed E-state index contributed by atoms with van der Waals surface area (Å²) in [6.45, 7) is 4.84. The van der Waals surface area contributed by atoms with Crippen molar-refractivity contribution in [2.45, 2.75) is 33.5 Å². The largest absolute Gasteiger partial charge is 0.345 e. The van der Waals surface area contributed by atoms with Crippen LogP contribution in [0.15, 0.2) is 24.3 Å². The van der Waals surface area contributed by atoms with Gasteiger partial charge in [-0.3, -0.25) is 9.89 Å². The fraction of sp³-hybridized carbons (Fsp3) is 0.294. The standard InChI is InChI=1S/C17H18ClFN6OS/c1-3-24-13(21-22-17(24)27)8-20-16(26)14-10(2)23-25(15(14)18)9-11-4-6-12(19)7-5-11/h4-7H,3,8-9H2,1-2H3,(H,20,26)(H,22,27). The third-order valence-electron chi connectivity index (χ3n) is 4.10. The lowest BCUT2D eigenvalue weighted by Crippen LogP contribution is -2.25. The third-order valence-corrected chi connectivity index (χ3v) is 4.79. The Labute approximate surface area is 165 Å². The van der Waals surface area contributed by atoms with Crippen LogP contribution >= 0.6 is 23.8 Å². The molecule has 2 aromatic heterocycles. The monoisotopic (exact) mass is 408 g/mol. The Bertz CT molecular complexity index is 1020. The fourth-order valence-corrected chi connectivity index (χ4v) is 3.34. The molecule has 2 N–H and O–H groups in total. The van der Waals surface area contributed by atoms with Gasteiger partial charge in [-0.15, -0.1) is 0 Å².